The SMILES string of the molecule is Cc1nc(C(=O)NCc2cccc(-c3n[nH]c(C)n3)c2)n(C)n1. The van der Waals surface area contributed by atoms with Crippen LogP contribution in [0.4, 0.5) is 0 Å². The topological polar surface area (TPSA) is 101 Å². The van der Waals surface area contributed by atoms with Gasteiger partial charge in [0.2, 0.25) is 5.82 Å². The van der Waals surface area contributed by atoms with Gasteiger partial charge in [-0.1, -0.05) is 18.2 Å². The lowest BCUT2D eigenvalue weighted by Crippen LogP contribution is -2.26. The minimum absolute atomic E-state index is 0.257. The predicted octanol–water partition coefficient (Wildman–Crippen LogP) is 1.15. The van der Waals surface area contributed by atoms with Gasteiger partial charge in [-0.25, -0.2) is 14.6 Å². The molecule has 0 unspecified atom stereocenters. The van der Waals surface area contributed by atoms with Gasteiger partial charge in [-0.2, -0.15) is 10.2 Å². The number of aromatic nitrogens is 6. The molecule has 8 nitrogen and oxygen atoms in total. The average molecular weight is 311 g/mol. The van der Waals surface area contributed by atoms with E-state index in [2.05, 4.69) is 30.6 Å². The molecule has 1 aromatic carbocycles. The van der Waals surface area contributed by atoms with Crippen molar-refractivity contribution >= 4 is 5.91 Å². The van der Waals surface area contributed by atoms with Crippen molar-refractivity contribution in [3.63, 3.8) is 0 Å². The Morgan fingerprint density at radius 3 is 2.78 bits per heavy atom. The molecule has 0 saturated carbocycles. The van der Waals surface area contributed by atoms with Crippen molar-refractivity contribution in [1.82, 2.24) is 35.3 Å². The fraction of sp³-hybridized carbons (Fsp3) is 0.267. The zero-order valence-corrected chi connectivity index (χ0v) is 13.2. The van der Waals surface area contributed by atoms with Gasteiger partial charge in [0.25, 0.3) is 5.91 Å². The minimum atomic E-state index is -0.257. The molecule has 2 heterocycles. The zero-order valence-electron chi connectivity index (χ0n) is 13.2. The number of nitrogens with one attached hydrogen (secondary N) is 2. The third kappa shape index (κ3) is 3.25. The number of benzene rings is 1. The molecule has 0 atom stereocenters. The molecule has 0 bridgehead atoms. The van der Waals surface area contributed by atoms with E-state index in [1.165, 1.54) is 4.68 Å². The molecule has 0 fully saturated rings. The first-order valence-electron chi connectivity index (χ1n) is 7.17. The summed E-state index contributed by atoms with van der Waals surface area (Å²) in [5.74, 6) is 2.01. The summed E-state index contributed by atoms with van der Waals surface area (Å²) in [6, 6.07) is 7.73. The molecular formula is C15H17N7O. The number of carbonyl (C=O) groups is 1. The number of hydrogen-bond donors (Lipinski definition) is 2. The Morgan fingerprint density at radius 2 is 2.13 bits per heavy atom. The van der Waals surface area contributed by atoms with E-state index in [-0.39, 0.29) is 5.91 Å². The predicted molar refractivity (Wildman–Crippen MR) is 83.5 cm³/mol. The highest BCUT2D eigenvalue weighted by atomic mass is 16.2. The first-order valence-corrected chi connectivity index (χ1v) is 7.17. The molecule has 0 aliphatic rings. The second kappa shape index (κ2) is 5.99. The maximum absolute atomic E-state index is 12.1. The number of nitrogens with zero attached hydrogens (tertiary/aromatic N) is 5. The van der Waals surface area contributed by atoms with E-state index in [1.54, 1.807) is 14.0 Å². The lowest BCUT2D eigenvalue weighted by molar-refractivity contribution is 0.0936. The van der Waals surface area contributed by atoms with Crippen LogP contribution in [0.5, 0.6) is 0 Å². The highest BCUT2D eigenvalue weighted by molar-refractivity contribution is 5.90. The minimum Gasteiger partial charge on any atom is -0.345 e. The largest absolute Gasteiger partial charge is 0.345 e. The molecule has 0 aliphatic carbocycles. The summed E-state index contributed by atoms with van der Waals surface area (Å²) in [6.07, 6.45) is 0. The standard InChI is InChI=1S/C15H17N7O/c1-9-17-13(20-19-9)12-6-4-5-11(7-12)8-16-15(23)14-18-10(2)21-22(14)3/h4-7H,8H2,1-3H3,(H,16,23)(H,17,19,20). The molecule has 23 heavy (non-hydrogen) atoms. The van der Waals surface area contributed by atoms with Crippen LogP contribution in [0.25, 0.3) is 11.4 Å². The Balaban J connectivity index is 1.71. The summed E-state index contributed by atoms with van der Waals surface area (Å²) in [4.78, 5) is 20.6. The van der Waals surface area contributed by atoms with Crippen LogP contribution in [0.15, 0.2) is 24.3 Å². The Labute approximate surface area is 133 Å². The summed E-state index contributed by atoms with van der Waals surface area (Å²) in [5.41, 5.74) is 1.85. The van der Waals surface area contributed by atoms with E-state index in [0.717, 1.165) is 17.0 Å². The van der Waals surface area contributed by atoms with Crippen LogP contribution in [0, 0.1) is 13.8 Å². The van der Waals surface area contributed by atoms with Crippen molar-refractivity contribution < 1.29 is 4.79 Å². The normalized spacial score (nSPS) is 10.7. The summed E-state index contributed by atoms with van der Waals surface area (Å²) < 4.78 is 1.47. The number of H-pyrrole nitrogens is 1. The second-order valence-corrected chi connectivity index (χ2v) is 5.23. The first kappa shape index (κ1) is 14.9. The molecule has 0 aliphatic heterocycles. The Hall–Kier alpha value is -3.03. The van der Waals surface area contributed by atoms with Gasteiger partial charge in [0, 0.05) is 19.2 Å². The van der Waals surface area contributed by atoms with Crippen LogP contribution >= 0.6 is 0 Å². The van der Waals surface area contributed by atoms with Crippen LogP contribution in [0.1, 0.15) is 27.8 Å². The van der Waals surface area contributed by atoms with Gasteiger partial charge >= 0.3 is 0 Å². The van der Waals surface area contributed by atoms with Crippen molar-refractivity contribution in [2.75, 3.05) is 0 Å². The Kier molecular flexibility index (Phi) is 3.88. The molecule has 0 saturated heterocycles. The highest BCUT2D eigenvalue weighted by Crippen LogP contribution is 2.16. The van der Waals surface area contributed by atoms with Crippen LogP contribution < -0.4 is 5.32 Å². The van der Waals surface area contributed by atoms with E-state index in [1.807, 2.05) is 31.2 Å². The highest BCUT2D eigenvalue weighted by Gasteiger charge is 2.13. The van der Waals surface area contributed by atoms with E-state index in [9.17, 15) is 4.79 Å². The van der Waals surface area contributed by atoms with E-state index in [0.29, 0.717) is 24.0 Å². The number of carbonyl (C=O) groups excluding carboxylic acids is 1. The monoisotopic (exact) mass is 311 g/mol. The smallest absolute Gasteiger partial charge is 0.289 e. The van der Waals surface area contributed by atoms with Gasteiger partial charge in [0.15, 0.2) is 5.82 Å². The van der Waals surface area contributed by atoms with Crippen molar-refractivity contribution in [2.24, 2.45) is 7.05 Å². The second-order valence-electron chi connectivity index (χ2n) is 5.23. The Morgan fingerprint density at radius 1 is 1.30 bits per heavy atom. The average Bonchev–Trinajstić information content (AvgIpc) is 3.10. The van der Waals surface area contributed by atoms with Crippen molar-refractivity contribution in [2.45, 2.75) is 20.4 Å². The number of hydrogen-bond acceptors (Lipinski definition) is 5. The van der Waals surface area contributed by atoms with E-state index in [4.69, 9.17) is 0 Å². The molecule has 3 aromatic rings. The fourth-order valence-electron chi connectivity index (χ4n) is 2.26. The quantitative estimate of drug-likeness (QED) is 0.752. The maximum Gasteiger partial charge on any atom is 0.289 e. The zero-order chi connectivity index (χ0) is 16.4. The molecular weight excluding hydrogens is 294 g/mol. The number of aryl methyl sites for hydroxylation is 3. The van der Waals surface area contributed by atoms with Crippen molar-refractivity contribution in [1.29, 1.82) is 0 Å². The van der Waals surface area contributed by atoms with Gasteiger partial charge < -0.3 is 5.32 Å². The molecule has 2 aromatic heterocycles. The number of amides is 1. The van der Waals surface area contributed by atoms with Gasteiger partial charge in [-0.05, 0) is 25.5 Å². The molecule has 2 N–H and O–H groups in total. The van der Waals surface area contributed by atoms with Gasteiger partial charge in [-0.15, -0.1) is 0 Å². The summed E-state index contributed by atoms with van der Waals surface area (Å²) >= 11 is 0. The van der Waals surface area contributed by atoms with Crippen LogP contribution in [0.3, 0.4) is 0 Å². The summed E-state index contributed by atoms with van der Waals surface area (Å²) in [7, 11) is 1.70. The summed E-state index contributed by atoms with van der Waals surface area (Å²) in [5, 5.41) is 13.9. The van der Waals surface area contributed by atoms with Crippen LogP contribution in [-0.4, -0.2) is 35.9 Å². The molecule has 0 spiro atoms. The Bertz CT molecular complexity index is 849. The molecule has 3 rings (SSSR count). The lowest BCUT2D eigenvalue weighted by atomic mass is 10.1. The third-order valence-corrected chi connectivity index (χ3v) is 3.31. The number of rotatable bonds is 4. The molecule has 8 heteroatoms. The van der Waals surface area contributed by atoms with Crippen LogP contribution in [0.2, 0.25) is 0 Å². The third-order valence-electron chi connectivity index (χ3n) is 3.31. The van der Waals surface area contributed by atoms with Gasteiger partial charge in [0.05, 0.1) is 0 Å². The number of aromatic amines is 1. The van der Waals surface area contributed by atoms with Gasteiger partial charge in [-0.3, -0.25) is 9.89 Å². The molecule has 0 radical (unpaired) electrons. The van der Waals surface area contributed by atoms with Gasteiger partial charge in [0.1, 0.15) is 11.6 Å². The fourth-order valence-corrected chi connectivity index (χ4v) is 2.26. The molecule has 1 amide bonds. The first-order chi connectivity index (χ1) is 11.0. The van der Waals surface area contributed by atoms with Crippen molar-refractivity contribution in [3.8, 4) is 11.4 Å². The van der Waals surface area contributed by atoms with Crippen molar-refractivity contribution in [3.05, 3.63) is 47.3 Å². The summed E-state index contributed by atoms with van der Waals surface area (Å²) in [6.45, 7) is 3.99. The molecule has 118 valence electrons. The van der Waals surface area contributed by atoms with E-state index >= 15 is 0 Å². The lowest BCUT2D eigenvalue weighted by Gasteiger charge is -2.05. The van der Waals surface area contributed by atoms with Crippen LogP contribution in [-0.2, 0) is 13.6 Å². The maximum atomic E-state index is 12.1. The van der Waals surface area contributed by atoms with E-state index < -0.39 is 0 Å².